The molecule has 17 heavy (non-hydrogen) atoms. The molecule has 0 unspecified atom stereocenters. The summed E-state index contributed by atoms with van der Waals surface area (Å²) in [7, 11) is 1.66. The Morgan fingerprint density at radius 2 is 2.12 bits per heavy atom. The molecule has 0 bridgehead atoms. The summed E-state index contributed by atoms with van der Waals surface area (Å²) in [4.78, 5) is 5.60. The molecular formula is C13H18ClNO2. The third kappa shape index (κ3) is 3.60. The van der Waals surface area contributed by atoms with E-state index >= 15 is 0 Å². The molecule has 3 nitrogen and oxygen atoms in total. The first-order valence-corrected chi connectivity index (χ1v) is 6.38. The zero-order valence-corrected chi connectivity index (χ0v) is 10.8. The highest BCUT2D eigenvalue weighted by atomic mass is 35.5. The number of rotatable bonds is 5. The Morgan fingerprint density at radius 1 is 1.35 bits per heavy atom. The summed E-state index contributed by atoms with van der Waals surface area (Å²) >= 11 is 5.96. The first-order valence-electron chi connectivity index (χ1n) is 6.00. The van der Waals surface area contributed by atoms with Gasteiger partial charge >= 0.3 is 0 Å². The number of ether oxygens (including phenoxy) is 1. The van der Waals surface area contributed by atoms with Crippen molar-refractivity contribution in [2.24, 2.45) is 0 Å². The molecule has 0 amide bonds. The molecule has 0 saturated heterocycles. The normalized spacial score (nSPS) is 16.4. The smallest absolute Gasteiger partial charge is 0.123 e. The summed E-state index contributed by atoms with van der Waals surface area (Å²) < 4.78 is 5.27. The van der Waals surface area contributed by atoms with Crippen LogP contribution in [0.2, 0.25) is 5.02 Å². The number of hydrogen-bond donors (Lipinski definition) is 1. The van der Waals surface area contributed by atoms with Gasteiger partial charge in [-0.2, -0.15) is 5.48 Å². The molecule has 0 atom stereocenters. The molecule has 0 radical (unpaired) electrons. The van der Waals surface area contributed by atoms with E-state index in [-0.39, 0.29) is 0 Å². The van der Waals surface area contributed by atoms with Crippen molar-refractivity contribution in [1.29, 1.82) is 0 Å². The fourth-order valence-corrected chi connectivity index (χ4v) is 2.32. The number of methoxy groups -OCH3 is 1. The van der Waals surface area contributed by atoms with Gasteiger partial charge in [0.15, 0.2) is 0 Å². The van der Waals surface area contributed by atoms with Crippen LogP contribution >= 0.6 is 11.6 Å². The van der Waals surface area contributed by atoms with E-state index in [1.165, 1.54) is 12.8 Å². The number of halogens is 1. The van der Waals surface area contributed by atoms with Gasteiger partial charge in [0.05, 0.1) is 13.2 Å². The van der Waals surface area contributed by atoms with E-state index in [1.807, 2.05) is 18.2 Å². The first-order chi connectivity index (χ1) is 8.29. The highest BCUT2D eigenvalue weighted by Crippen LogP contribution is 2.23. The summed E-state index contributed by atoms with van der Waals surface area (Å²) in [5.41, 5.74) is 4.02. The topological polar surface area (TPSA) is 30.5 Å². The van der Waals surface area contributed by atoms with Gasteiger partial charge in [0.2, 0.25) is 0 Å². The van der Waals surface area contributed by atoms with Gasteiger partial charge in [0.1, 0.15) is 5.75 Å². The van der Waals surface area contributed by atoms with E-state index in [9.17, 15) is 0 Å². The van der Waals surface area contributed by atoms with Crippen molar-refractivity contribution in [3.63, 3.8) is 0 Å². The predicted octanol–water partition coefficient (Wildman–Crippen LogP) is 3.31. The van der Waals surface area contributed by atoms with E-state index < -0.39 is 0 Å². The average Bonchev–Trinajstić information content (AvgIpc) is 2.82. The third-order valence-corrected chi connectivity index (χ3v) is 3.29. The molecule has 4 heteroatoms. The van der Waals surface area contributed by atoms with Crippen LogP contribution in [0.1, 0.15) is 31.2 Å². The largest absolute Gasteiger partial charge is 0.496 e. The lowest BCUT2D eigenvalue weighted by atomic mass is 10.2. The van der Waals surface area contributed by atoms with Gasteiger partial charge in [-0.3, -0.25) is 4.84 Å². The van der Waals surface area contributed by atoms with Crippen molar-refractivity contribution in [2.45, 2.75) is 38.3 Å². The molecule has 1 saturated carbocycles. The zero-order valence-electron chi connectivity index (χ0n) is 10.0. The Balaban J connectivity index is 1.86. The second kappa shape index (κ2) is 6.24. The molecule has 0 heterocycles. The summed E-state index contributed by atoms with van der Waals surface area (Å²) in [5.74, 6) is 0.830. The van der Waals surface area contributed by atoms with Crippen LogP contribution < -0.4 is 10.2 Å². The SMILES string of the molecule is COc1ccc(Cl)cc1CNOC1CCCC1. The van der Waals surface area contributed by atoms with Gasteiger partial charge in [0.25, 0.3) is 0 Å². The van der Waals surface area contributed by atoms with Gasteiger partial charge in [-0.05, 0) is 31.0 Å². The lowest BCUT2D eigenvalue weighted by Crippen LogP contribution is -2.21. The minimum atomic E-state index is 0.361. The predicted molar refractivity (Wildman–Crippen MR) is 68.2 cm³/mol. The van der Waals surface area contributed by atoms with Crippen molar-refractivity contribution in [3.8, 4) is 5.75 Å². The fraction of sp³-hybridized carbons (Fsp3) is 0.538. The standard InChI is InChI=1S/C13H18ClNO2/c1-16-13-7-6-11(14)8-10(13)9-15-17-12-4-2-3-5-12/h6-8,12,15H,2-5,9H2,1H3. The number of nitrogens with one attached hydrogen (secondary N) is 1. The maximum atomic E-state index is 5.96. The maximum absolute atomic E-state index is 5.96. The van der Waals surface area contributed by atoms with E-state index in [1.54, 1.807) is 7.11 Å². The van der Waals surface area contributed by atoms with Gasteiger partial charge in [-0.15, -0.1) is 0 Å². The molecule has 2 rings (SSSR count). The Hall–Kier alpha value is -0.770. The van der Waals surface area contributed by atoms with Crippen molar-refractivity contribution in [2.75, 3.05) is 7.11 Å². The average molecular weight is 256 g/mol. The molecule has 94 valence electrons. The lowest BCUT2D eigenvalue weighted by Gasteiger charge is -2.13. The minimum Gasteiger partial charge on any atom is -0.496 e. The van der Waals surface area contributed by atoms with Gasteiger partial charge in [-0.25, -0.2) is 0 Å². The Kier molecular flexibility index (Phi) is 4.66. The zero-order chi connectivity index (χ0) is 12.1. The molecule has 0 aromatic heterocycles. The van der Waals surface area contributed by atoms with E-state index in [0.717, 1.165) is 24.2 Å². The molecule has 1 N–H and O–H groups in total. The van der Waals surface area contributed by atoms with Crippen LogP contribution in [0, 0.1) is 0 Å². The van der Waals surface area contributed by atoms with Gasteiger partial charge in [-0.1, -0.05) is 24.4 Å². The highest BCUT2D eigenvalue weighted by Gasteiger charge is 2.15. The van der Waals surface area contributed by atoms with Crippen molar-refractivity contribution >= 4 is 11.6 Å². The van der Waals surface area contributed by atoms with E-state index in [4.69, 9.17) is 21.2 Å². The van der Waals surface area contributed by atoms with E-state index in [2.05, 4.69) is 5.48 Å². The summed E-state index contributed by atoms with van der Waals surface area (Å²) in [5, 5.41) is 0.712. The molecule has 1 aliphatic carbocycles. The van der Waals surface area contributed by atoms with Gasteiger partial charge < -0.3 is 4.74 Å². The Morgan fingerprint density at radius 3 is 2.82 bits per heavy atom. The van der Waals surface area contributed by atoms with Crippen LogP contribution in [-0.4, -0.2) is 13.2 Å². The van der Waals surface area contributed by atoms with Crippen LogP contribution in [0.3, 0.4) is 0 Å². The highest BCUT2D eigenvalue weighted by molar-refractivity contribution is 6.30. The molecule has 1 fully saturated rings. The fourth-order valence-electron chi connectivity index (χ4n) is 2.13. The van der Waals surface area contributed by atoms with Gasteiger partial charge in [0, 0.05) is 17.1 Å². The first kappa shape index (κ1) is 12.7. The molecule has 1 aromatic carbocycles. The molecular weight excluding hydrogens is 238 g/mol. The van der Waals surface area contributed by atoms with E-state index in [0.29, 0.717) is 17.7 Å². The molecule has 1 aliphatic rings. The van der Waals surface area contributed by atoms with Crippen molar-refractivity contribution in [1.82, 2.24) is 5.48 Å². The third-order valence-electron chi connectivity index (χ3n) is 3.06. The lowest BCUT2D eigenvalue weighted by molar-refractivity contribution is -0.0246. The minimum absolute atomic E-state index is 0.361. The maximum Gasteiger partial charge on any atom is 0.123 e. The number of benzene rings is 1. The number of hydroxylamine groups is 1. The monoisotopic (exact) mass is 255 g/mol. The summed E-state index contributed by atoms with van der Waals surface area (Å²) in [6, 6.07) is 5.59. The summed E-state index contributed by atoms with van der Waals surface area (Å²) in [6.07, 6.45) is 5.21. The molecule has 0 aliphatic heterocycles. The van der Waals surface area contributed by atoms with Crippen LogP contribution in [0.5, 0.6) is 5.75 Å². The molecule has 0 spiro atoms. The van der Waals surface area contributed by atoms with Crippen LogP contribution in [0.15, 0.2) is 18.2 Å². The second-order valence-electron chi connectivity index (χ2n) is 4.30. The quantitative estimate of drug-likeness (QED) is 0.819. The van der Waals surface area contributed by atoms with Crippen molar-refractivity contribution in [3.05, 3.63) is 28.8 Å². The number of hydrogen-bond acceptors (Lipinski definition) is 3. The Labute approximate surface area is 107 Å². The summed E-state index contributed by atoms with van der Waals surface area (Å²) in [6.45, 7) is 0.611. The van der Waals surface area contributed by atoms with Crippen molar-refractivity contribution < 1.29 is 9.57 Å². The molecule has 1 aromatic rings. The second-order valence-corrected chi connectivity index (χ2v) is 4.74. The van der Waals surface area contributed by atoms with Crippen LogP contribution in [0.4, 0.5) is 0 Å². The van der Waals surface area contributed by atoms with Crippen LogP contribution in [-0.2, 0) is 11.4 Å². The van der Waals surface area contributed by atoms with Crippen LogP contribution in [0.25, 0.3) is 0 Å². The Bertz CT molecular complexity index is 364.